The van der Waals surface area contributed by atoms with E-state index in [1.807, 2.05) is 13.0 Å². The molecule has 1 saturated heterocycles. The van der Waals surface area contributed by atoms with Crippen LogP contribution in [0.3, 0.4) is 0 Å². The van der Waals surface area contributed by atoms with Gasteiger partial charge in [0, 0.05) is 32.7 Å². The number of benzene rings is 1. The Morgan fingerprint density at radius 2 is 1.89 bits per heavy atom. The fourth-order valence-corrected chi connectivity index (χ4v) is 4.96. The summed E-state index contributed by atoms with van der Waals surface area (Å²) in [5.74, 6) is 0.842. The Labute approximate surface area is 162 Å². The smallest absolute Gasteiger partial charge is 0.230 e. The van der Waals surface area contributed by atoms with E-state index >= 15 is 0 Å². The Kier molecular flexibility index (Phi) is 5.14. The quantitative estimate of drug-likeness (QED) is 0.695. The van der Waals surface area contributed by atoms with Gasteiger partial charge in [0.25, 0.3) is 0 Å². The van der Waals surface area contributed by atoms with Crippen LogP contribution in [-0.4, -0.2) is 73.9 Å². The molecule has 27 heavy (non-hydrogen) atoms. The van der Waals surface area contributed by atoms with Gasteiger partial charge in [0.15, 0.2) is 0 Å². The van der Waals surface area contributed by atoms with Crippen molar-refractivity contribution in [2.24, 2.45) is 0 Å². The minimum absolute atomic E-state index is 0.0312. The molecular formula is C19H25N5O2S. The van der Waals surface area contributed by atoms with E-state index in [9.17, 15) is 10.2 Å². The SMILES string of the molecule is Cc1nc2sc(C(c3ccccc3C)N3CCN(CCO)CC3)c(O)n2n1. The number of rotatable bonds is 5. The zero-order valence-corrected chi connectivity index (χ0v) is 16.5. The molecule has 0 aliphatic carbocycles. The van der Waals surface area contributed by atoms with Crippen LogP contribution in [-0.2, 0) is 0 Å². The fourth-order valence-electron chi connectivity index (χ4n) is 3.81. The van der Waals surface area contributed by atoms with E-state index in [1.165, 1.54) is 22.5 Å². The van der Waals surface area contributed by atoms with Crippen molar-refractivity contribution in [3.05, 3.63) is 46.1 Å². The zero-order valence-electron chi connectivity index (χ0n) is 15.7. The molecule has 0 amide bonds. The third-order valence-corrected chi connectivity index (χ3v) is 6.30. The van der Waals surface area contributed by atoms with Gasteiger partial charge in [-0.2, -0.15) is 4.52 Å². The Bertz CT molecular complexity index is 929. The minimum Gasteiger partial charge on any atom is -0.492 e. The maximum absolute atomic E-state index is 10.9. The van der Waals surface area contributed by atoms with E-state index in [1.54, 1.807) is 4.52 Å². The highest BCUT2D eigenvalue weighted by molar-refractivity contribution is 7.17. The average molecular weight is 388 g/mol. The molecule has 1 aliphatic rings. The average Bonchev–Trinajstić information content (AvgIpc) is 3.16. The first-order valence-electron chi connectivity index (χ1n) is 9.26. The van der Waals surface area contributed by atoms with Gasteiger partial charge in [0.1, 0.15) is 5.82 Å². The van der Waals surface area contributed by atoms with E-state index in [4.69, 9.17) is 0 Å². The number of hydrogen-bond donors (Lipinski definition) is 2. The van der Waals surface area contributed by atoms with Crippen LogP contribution in [0.25, 0.3) is 4.96 Å². The molecular weight excluding hydrogens is 362 g/mol. The highest BCUT2D eigenvalue weighted by Crippen LogP contribution is 2.41. The lowest BCUT2D eigenvalue weighted by molar-refractivity contribution is 0.0944. The summed E-state index contributed by atoms with van der Waals surface area (Å²) in [5.41, 5.74) is 2.40. The molecule has 3 aromatic rings. The predicted molar refractivity (Wildman–Crippen MR) is 105 cm³/mol. The summed E-state index contributed by atoms with van der Waals surface area (Å²) in [5, 5.41) is 24.4. The van der Waals surface area contributed by atoms with Crippen LogP contribution in [0.1, 0.15) is 27.9 Å². The highest BCUT2D eigenvalue weighted by atomic mass is 32.1. The van der Waals surface area contributed by atoms with Crippen molar-refractivity contribution in [2.75, 3.05) is 39.3 Å². The second kappa shape index (κ2) is 7.55. The maximum atomic E-state index is 10.9. The first-order valence-corrected chi connectivity index (χ1v) is 10.1. The van der Waals surface area contributed by atoms with Gasteiger partial charge >= 0.3 is 0 Å². The molecule has 1 fully saturated rings. The summed E-state index contributed by atoms with van der Waals surface area (Å²) in [6.45, 7) is 8.42. The number of fused-ring (bicyclic) bond motifs is 1. The number of aromatic hydroxyl groups is 1. The van der Waals surface area contributed by atoms with Crippen LogP contribution in [0.5, 0.6) is 5.88 Å². The van der Waals surface area contributed by atoms with Gasteiger partial charge in [-0.1, -0.05) is 35.6 Å². The van der Waals surface area contributed by atoms with Crippen molar-refractivity contribution in [1.29, 1.82) is 0 Å². The summed E-state index contributed by atoms with van der Waals surface area (Å²) in [6, 6.07) is 8.32. The Morgan fingerprint density at radius 1 is 1.15 bits per heavy atom. The molecule has 4 rings (SSSR count). The number of aromatic nitrogens is 3. The number of aliphatic hydroxyl groups excluding tert-OH is 1. The van der Waals surface area contributed by atoms with Crippen LogP contribution in [0, 0.1) is 13.8 Å². The van der Waals surface area contributed by atoms with Crippen LogP contribution < -0.4 is 0 Å². The standard InChI is InChI=1S/C19H25N5O2S/c1-13-5-3-4-6-15(13)16(23-9-7-22(8-10-23)11-12-25)17-18(26)24-19(27-17)20-14(2)21-24/h3-6,16,25-26H,7-12H2,1-2H3. The van der Waals surface area contributed by atoms with Crippen molar-refractivity contribution in [2.45, 2.75) is 19.9 Å². The minimum atomic E-state index is -0.0312. The lowest BCUT2D eigenvalue weighted by Crippen LogP contribution is -2.48. The first kappa shape index (κ1) is 18.4. The third-order valence-electron chi connectivity index (χ3n) is 5.23. The van der Waals surface area contributed by atoms with Gasteiger partial charge in [-0.3, -0.25) is 9.80 Å². The lowest BCUT2D eigenvalue weighted by atomic mass is 9.98. The number of aryl methyl sites for hydroxylation is 2. The summed E-state index contributed by atoms with van der Waals surface area (Å²) < 4.78 is 1.54. The molecule has 0 saturated carbocycles. The molecule has 2 aromatic heterocycles. The van der Waals surface area contributed by atoms with Crippen molar-refractivity contribution >= 4 is 16.3 Å². The van der Waals surface area contributed by atoms with E-state index in [2.05, 4.69) is 45.0 Å². The van der Waals surface area contributed by atoms with Gasteiger partial charge in [-0.15, -0.1) is 5.10 Å². The fraction of sp³-hybridized carbons (Fsp3) is 0.474. The first-order chi connectivity index (χ1) is 13.1. The summed E-state index contributed by atoms with van der Waals surface area (Å²) >= 11 is 1.51. The number of nitrogens with zero attached hydrogens (tertiary/aromatic N) is 5. The molecule has 1 unspecified atom stereocenters. The number of hydrogen-bond acceptors (Lipinski definition) is 7. The van der Waals surface area contributed by atoms with Crippen LogP contribution >= 0.6 is 11.3 Å². The molecule has 0 bridgehead atoms. The second-order valence-corrected chi connectivity index (χ2v) is 8.01. The second-order valence-electron chi connectivity index (χ2n) is 7.00. The van der Waals surface area contributed by atoms with E-state index in [0.29, 0.717) is 12.4 Å². The van der Waals surface area contributed by atoms with Gasteiger partial charge in [-0.25, -0.2) is 4.98 Å². The molecule has 144 valence electrons. The molecule has 2 N–H and O–H groups in total. The molecule has 1 atom stereocenters. The van der Waals surface area contributed by atoms with E-state index in [-0.39, 0.29) is 18.5 Å². The maximum Gasteiger partial charge on any atom is 0.230 e. The van der Waals surface area contributed by atoms with Crippen molar-refractivity contribution in [3.63, 3.8) is 0 Å². The Hall–Kier alpha value is -2.00. The monoisotopic (exact) mass is 387 g/mol. The van der Waals surface area contributed by atoms with Gasteiger partial charge in [-0.05, 0) is 25.0 Å². The molecule has 0 spiro atoms. The third kappa shape index (κ3) is 3.45. The summed E-state index contributed by atoms with van der Waals surface area (Å²) in [4.78, 5) is 10.7. The lowest BCUT2D eigenvalue weighted by Gasteiger charge is -2.39. The zero-order chi connectivity index (χ0) is 19.0. The number of thiazole rings is 1. The van der Waals surface area contributed by atoms with Crippen LogP contribution in [0.2, 0.25) is 0 Å². The summed E-state index contributed by atoms with van der Waals surface area (Å²) in [7, 11) is 0. The molecule has 7 nitrogen and oxygen atoms in total. The van der Waals surface area contributed by atoms with Crippen LogP contribution in [0.4, 0.5) is 0 Å². The molecule has 3 heterocycles. The predicted octanol–water partition coefficient (Wildman–Crippen LogP) is 1.81. The van der Waals surface area contributed by atoms with E-state index in [0.717, 1.165) is 36.0 Å². The molecule has 0 radical (unpaired) electrons. The summed E-state index contributed by atoms with van der Waals surface area (Å²) in [6.07, 6.45) is 0. The van der Waals surface area contributed by atoms with Crippen molar-refractivity contribution in [1.82, 2.24) is 24.4 Å². The normalized spacial score (nSPS) is 17.6. The number of aliphatic hydroxyl groups is 1. The van der Waals surface area contributed by atoms with Crippen LogP contribution in [0.15, 0.2) is 24.3 Å². The van der Waals surface area contributed by atoms with Gasteiger partial charge in [0.2, 0.25) is 10.8 Å². The Morgan fingerprint density at radius 3 is 2.56 bits per heavy atom. The molecule has 1 aromatic carbocycles. The number of β-amino-alcohol motifs (C(OH)–C–C–N with tert-alkyl or cyclic N) is 1. The largest absolute Gasteiger partial charge is 0.492 e. The van der Waals surface area contributed by atoms with E-state index < -0.39 is 0 Å². The topological polar surface area (TPSA) is 77.1 Å². The van der Waals surface area contributed by atoms with Gasteiger partial charge < -0.3 is 10.2 Å². The molecule has 1 aliphatic heterocycles. The highest BCUT2D eigenvalue weighted by Gasteiger charge is 2.32. The van der Waals surface area contributed by atoms with Crippen molar-refractivity contribution < 1.29 is 10.2 Å². The number of piperazine rings is 1. The van der Waals surface area contributed by atoms with Gasteiger partial charge in [0.05, 0.1) is 17.5 Å². The Balaban J connectivity index is 1.73. The molecule has 8 heteroatoms. The van der Waals surface area contributed by atoms with Crippen molar-refractivity contribution in [3.8, 4) is 5.88 Å².